The number of nitrogens with one attached hydrogen (secondary N) is 1. The number of anilines is 1. The van der Waals surface area contributed by atoms with E-state index in [0.717, 1.165) is 12.8 Å². The Morgan fingerprint density at radius 1 is 1.26 bits per heavy atom. The van der Waals surface area contributed by atoms with Gasteiger partial charge in [0.1, 0.15) is 5.75 Å². The number of hydrogen-bond donors (Lipinski definition) is 2. The van der Waals surface area contributed by atoms with E-state index in [0.29, 0.717) is 22.9 Å². The smallest absolute Gasteiger partial charge is 0.251 e. The summed E-state index contributed by atoms with van der Waals surface area (Å²) in [5, 5.41) is 2.98. The fourth-order valence-corrected chi connectivity index (χ4v) is 1.83. The Morgan fingerprint density at radius 3 is 2.53 bits per heavy atom. The van der Waals surface area contributed by atoms with Crippen molar-refractivity contribution in [1.29, 1.82) is 0 Å². The largest absolute Gasteiger partial charge is 0.497 e. The van der Waals surface area contributed by atoms with Crippen LogP contribution in [0, 0.1) is 5.92 Å². The molecule has 19 heavy (non-hydrogen) atoms. The molecule has 1 unspecified atom stereocenters. The van der Waals surface area contributed by atoms with Gasteiger partial charge in [-0.05, 0) is 37.8 Å². The molecule has 0 saturated heterocycles. The number of nitrogen functional groups attached to an aromatic ring is 1. The molecule has 1 aromatic rings. The number of nitrogens with two attached hydrogens (primary N) is 1. The van der Waals surface area contributed by atoms with Crippen LogP contribution in [0.1, 0.15) is 44.0 Å². The zero-order valence-corrected chi connectivity index (χ0v) is 12.2. The minimum atomic E-state index is -0.109. The topological polar surface area (TPSA) is 64.3 Å². The van der Waals surface area contributed by atoms with Crippen LogP contribution in [0.4, 0.5) is 5.69 Å². The number of carbonyl (C=O) groups is 1. The first-order valence-electron chi connectivity index (χ1n) is 6.67. The van der Waals surface area contributed by atoms with Crippen molar-refractivity contribution in [2.75, 3.05) is 12.8 Å². The van der Waals surface area contributed by atoms with Gasteiger partial charge in [0, 0.05) is 23.4 Å². The van der Waals surface area contributed by atoms with Crippen molar-refractivity contribution in [3.63, 3.8) is 0 Å². The molecule has 3 N–H and O–H groups in total. The molecule has 1 rings (SSSR count). The number of carbonyl (C=O) groups excluding carboxylic acids is 1. The van der Waals surface area contributed by atoms with Crippen molar-refractivity contribution in [3.8, 4) is 5.75 Å². The quantitative estimate of drug-likeness (QED) is 0.776. The van der Waals surface area contributed by atoms with Crippen LogP contribution >= 0.6 is 0 Å². The van der Waals surface area contributed by atoms with Gasteiger partial charge in [-0.3, -0.25) is 4.79 Å². The zero-order valence-electron chi connectivity index (χ0n) is 12.2. The normalized spacial score (nSPS) is 12.3. The van der Waals surface area contributed by atoms with E-state index in [2.05, 4.69) is 19.2 Å². The highest BCUT2D eigenvalue weighted by Crippen LogP contribution is 2.18. The van der Waals surface area contributed by atoms with Gasteiger partial charge in [0.15, 0.2) is 0 Å². The highest BCUT2D eigenvalue weighted by Gasteiger charge is 2.12. The molecule has 0 aliphatic rings. The van der Waals surface area contributed by atoms with Crippen molar-refractivity contribution >= 4 is 11.6 Å². The van der Waals surface area contributed by atoms with E-state index in [1.165, 1.54) is 0 Å². The highest BCUT2D eigenvalue weighted by atomic mass is 16.5. The lowest BCUT2D eigenvalue weighted by molar-refractivity contribution is 0.0937. The van der Waals surface area contributed by atoms with Crippen LogP contribution in [0.15, 0.2) is 18.2 Å². The summed E-state index contributed by atoms with van der Waals surface area (Å²) in [5.74, 6) is 1.13. The number of hydrogen-bond acceptors (Lipinski definition) is 3. The summed E-state index contributed by atoms with van der Waals surface area (Å²) in [6, 6.07) is 5.20. The van der Waals surface area contributed by atoms with E-state index in [4.69, 9.17) is 10.5 Å². The summed E-state index contributed by atoms with van der Waals surface area (Å²) in [5.41, 5.74) is 6.80. The van der Waals surface area contributed by atoms with Gasteiger partial charge in [0.05, 0.1) is 7.11 Å². The fraction of sp³-hybridized carbons (Fsp3) is 0.533. The Balaban J connectivity index is 2.64. The summed E-state index contributed by atoms with van der Waals surface area (Å²) in [6.45, 7) is 6.37. The predicted octanol–water partition coefficient (Wildman–Crippen LogP) is 2.83. The van der Waals surface area contributed by atoms with Gasteiger partial charge in [0.2, 0.25) is 0 Å². The van der Waals surface area contributed by atoms with E-state index >= 15 is 0 Å². The number of methoxy groups -OCH3 is 1. The van der Waals surface area contributed by atoms with Crippen LogP contribution in [-0.2, 0) is 0 Å². The summed E-state index contributed by atoms with van der Waals surface area (Å²) < 4.78 is 5.11. The minimum absolute atomic E-state index is 0.109. The molecule has 0 bridgehead atoms. The molecule has 0 heterocycles. The number of amides is 1. The molecule has 0 radical (unpaired) electrons. The van der Waals surface area contributed by atoms with Crippen LogP contribution in [0.25, 0.3) is 0 Å². The second kappa shape index (κ2) is 7.02. The summed E-state index contributed by atoms with van der Waals surface area (Å²) >= 11 is 0. The average Bonchev–Trinajstić information content (AvgIpc) is 2.35. The van der Waals surface area contributed by atoms with E-state index < -0.39 is 0 Å². The molecular weight excluding hydrogens is 240 g/mol. The Labute approximate surface area is 115 Å². The second-order valence-electron chi connectivity index (χ2n) is 5.34. The Bertz CT molecular complexity index is 430. The van der Waals surface area contributed by atoms with Crippen molar-refractivity contribution in [2.24, 2.45) is 5.92 Å². The van der Waals surface area contributed by atoms with Gasteiger partial charge in [-0.25, -0.2) is 0 Å². The molecule has 1 amide bonds. The minimum Gasteiger partial charge on any atom is -0.497 e. The van der Waals surface area contributed by atoms with E-state index in [-0.39, 0.29) is 11.9 Å². The first-order chi connectivity index (χ1) is 8.92. The van der Waals surface area contributed by atoms with Gasteiger partial charge in [0.25, 0.3) is 5.91 Å². The van der Waals surface area contributed by atoms with Crippen molar-refractivity contribution < 1.29 is 9.53 Å². The van der Waals surface area contributed by atoms with E-state index in [1.54, 1.807) is 25.3 Å². The Kier molecular flexibility index (Phi) is 5.67. The van der Waals surface area contributed by atoms with Gasteiger partial charge in [-0.2, -0.15) is 0 Å². The molecule has 0 saturated carbocycles. The molecule has 1 atom stereocenters. The molecule has 0 fully saturated rings. The van der Waals surface area contributed by atoms with Gasteiger partial charge in [-0.1, -0.05) is 13.8 Å². The van der Waals surface area contributed by atoms with E-state index in [1.807, 2.05) is 6.92 Å². The fourth-order valence-electron chi connectivity index (χ4n) is 1.83. The number of benzene rings is 1. The Hall–Kier alpha value is -1.71. The molecule has 0 spiro atoms. The molecule has 0 aliphatic carbocycles. The van der Waals surface area contributed by atoms with Crippen LogP contribution in [0.5, 0.6) is 5.75 Å². The first-order valence-corrected chi connectivity index (χ1v) is 6.67. The highest BCUT2D eigenvalue weighted by molar-refractivity contribution is 5.95. The first kappa shape index (κ1) is 15.3. The lowest BCUT2D eigenvalue weighted by Crippen LogP contribution is -2.32. The van der Waals surface area contributed by atoms with Crippen LogP contribution < -0.4 is 15.8 Å². The average molecular weight is 264 g/mol. The standard InChI is InChI=1S/C15H24N2O2/c1-10(2)5-6-11(3)17-15(18)12-7-13(16)9-14(8-12)19-4/h7-11H,5-6,16H2,1-4H3,(H,17,18). The maximum atomic E-state index is 12.1. The number of ether oxygens (including phenoxy) is 1. The molecule has 0 aromatic heterocycles. The predicted molar refractivity (Wildman–Crippen MR) is 78.4 cm³/mol. The zero-order chi connectivity index (χ0) is 14.4. The van der Waals surface area contributed by atoms with E-state index in [9.17, 15) is 4.79 Å². The van der Waals surface area contributed by atoms with Gasteiger partial charge in [-0.15, -0.1) is 0 Å². The lowest BCUT2D eigenvalue weighted by Gasteiger charge is -2.15. The van der Waals surface area contributed by atoms with Crippen LogP contribution in [-0.4, -0.2) is 19.1 Å². The maximum Gasteiger partial charge on any atom is 0.251 e. The molecule has 0 aliphatic heterocycles. The van der Waals surface area contributed by atoms with Gasteiger partial charge >= 0.3 is 0 Å². The van der Waals surface area contributed by atoms with Crippen LogP contribution in [0.3, 0.4) is 0 Å². The molecule has 106 valence electrons. The SMILES string of the molecule is COc1cc(N)cc(C(=O)NC(C)CCC(C)C)c1. The lowest BCUT2D eigenvalue weighted by atomic mass is 10.0. The summed E-state index contributed by atoms with van der Waals surface area (Å²) in [7, 11) is 1.56. The Morgan fingerprint density at radius 2 is 1.95 bits per heavy atom. The molecule has 1 aromatic carbocycles. The third-order valence-electron chi connectivity index (χ3n) is 2.98. The van der Waals surface area contributed by atoms with Crippen LogP contribution in [0.2, 0.25) is 0 Å². The van der Waals surface area contributed by atoms with Crippen molar-refractivity contribution in [1.82, 2.24) is 5.32 Å². The number of rotatable bonds is 6. The second-order valence-corrected chi connectivity index (χ2v) is 5.34. The molecule has 4 nitrogen and oxygen atoms in total. The summed E-state index contributed by atoms with van der Waals surface area (Å²) in [4.78, 5) is 12.1. The van der Waals surface area contributed by atoms with Gasteiger partial charge < -0.3 is 15.8 Å². The molecule has 4 heteroatoms. The molecular formula is C15H24N2O2. The maximum absolute atomic E-state index is 12.1. The summed E-state index contributed by atoms with van der Waals surface area (Å²) in [6.07, 6.45) is 2.07. The van der Waals surface area contributed by atoms with Crippen molar-refractivity contribution in [2.45, 2.75) is 39.7 Å². The monoisotopic (exact) mass is 264 g/mol. The van der Waals surface area contributed by atoms with Crippen molar-refractivity contribution in [3.05, 3.63) is 23.8 Å². The third kappa shape index (κ3) is 5.20. The third-order valence-corrected chi connectivity index (χ3v) is 2.98.